The van der Waals surface area contributed by atoms with Gasteiger partial charge in [-0.3, -0.25) is 4.79 Å². The van der Waals surface area contributed by atoms with E-state index in [1.807, 2.05) is 30.5 Å². The van der Waals surface area contributed by atoms with Crippen molar-refractivity contribution in [3.63, 3.8) is 0 Å². The third-order valence-corrected chi connectivity index (χ3v) is 5.09. The Balaban J connectivity index is 1.40. The van der Waals surface area contributed by atoms with Crippen LogP contribution in [0.2, 0.25) is 5.02 Å². The molecule has 6 heteroatoms. The molecule has 0 aliphatic carbocycles. The van der Waals surface area contributed by atoms with Crippen molar-refractivity contribution < 1.29 is 19.1 Å². The van der Waals surface area contributed by atoms with Gasteiger partial charge in [-0.05, 0) is 48.5 Å². The van der Waals surface area contributed by atoms with Crippen LogP contribution in [-0.2, 0) is 0 Å². The molecule has 0 spiro atoms. The fourth-order valence-electron chi connectivity index (χ4n) is 3.34. The highest BCUT2D eigenvalue weighted by Gasteiger charge is 2.28. The molecule has 0 fully saturated rings. The van der Waals surface area contributed by atoms with Crippen molar-refractivity contribution in [3.8, 4) is 11.5 Å². The smallest absolute Gasteiger partial charge is 0.343 e. The number of carbonyl (C=O) groups excluding carboxylic acids is 2. The number of allylic oxidation sites excluding steroid dienone is 1. The zero-order valence-corrected chi connectivity index (χ0v) is 16.3. The van der Waals surface area contributed by atoms with Gasteiger partial charge in [0.25, 0.3) is 0 Å². The van der Waals surface area contributed by atoms with E-state index in [1.165, 1.54) is 6.07 Å². The van der Waals surface area contributed by atoms with Gasteiger partial charge in [-0.1, -0.05) is 29.8 Å². The van der Waals surface area contributed by atoms with E-state index in [4.69, 9.17) is 21.1 Å². The number of rotatable bonds is 3. The van der Waals surface area contributed by atoms with Crippen LogP contribution >= 0.6 is 11.6 Å². The maximum absolute atomic E-state index is 12.7. The van der Waals surface area contributed by atoms with Gasteiger partial charge in [0.05, 0.1) is 11.1 Å². The Labute approximate surface area is 176 Å². The first-order chi connectivity index (χ1) is 14.6. The molecule has 0 radical (unpaired) electrons. The van der Waals surface area contributed by atoms with Gasteiger partial charge in [-0.25, -0.2) is 4.79 Å². The van der Waals surface area contributed by atoms with E-state index in [0.29, 0.717) is 21.9 Å². The van der Waals surface area contributed by atoms with Gasteiger partial charge in [0.1, 0.15) is 11.5 Å². The van der Waals surface area contributed by atoms with Crippen LogP contribution in [0.5, 0.6) is 11.5 Å². The first-order valence-electron chi connectivity index (χ1n) is 9.21. The molecule has 1 aromatic heterocycles. The van der Waals surface area contributed by atoms with Gasteiger partial charge >= 0.3 is 5.97 Å². The average molecular weight is 416 g/mol. The Bertz CT molecular complexity index is 1340. The van der Waals surface area contributed by atoms with Crippen LogP contribution in [0, 0.1) is 0 Å². The van der Waals surface area contributed by atoms with Crippen molar-refractivity contribution in [1.82, 2.24) is 4.98 Å². The Kier molecular flexibility index (Phi) is 4.38. The van der Waals surface area contributed by atoms with Crippen LogP contribution in [-0.4, -0.2) is 16.7 Å². The largest absolute Gasteiger partial charge is 0.452 e. The summed E-state index contributed by atoms with van der Waals surface area (Å²) >= 11 is 5.84. The summed E-state index contributed by atoms with van der Waals surface area (Å²) in [5, 5.41) is 1.53. The second-order valence-electron chi connectivity index (χ2n) is 6.78. The number of fused-ring (bicyclic) bond motifs is 2. The van der Waals surface area contributed by atoms with Crippen LogP contribution in [0.4, 0.5) is 0 Å². The molecule has 5 nitrogen and oxygen atoms in total. The highest BCUT2D eigenvalue weighted by Crippen LogP contribution is 2.35. The molecular formula is C24H14ClNO4. The molecule has 0 unspecified atom stereocenters. The first kappa shape index (κ1) is 18.2. The molecule has 0 saturated carbocycles. The fourth-order valence-corrected chi connectivity index (χ4v) is 3.46. The van der Waals surface area contributed by atoms with Crippen molar-refractivity contribution in [3.05, 3.63) is 100 Å². The number of esters is 1. The number of halogens is 1. The number of ketones is 1. The molecule has 0 bridgehead atoms. The summed E-state index contributed by atoms with van der Waals surface area (Å²) in [5.41, 5.74) is 2.63. The monoisotopic (exact) mass is 415 g/mol. The normalized spacial score (nSPS) is 14.0. The average Bonchev–Trinajstić information content (AvgIpc) is 3.30. The first-order valence-corrected chi connectivity index (χ1v) is 9.58. The summed E-state index contributed by atoms with van der Waals surface area (Å²) < 4.78 is 11.2. The summed E-state index contributed by atoms with van der Waals surface area (Å²) in [6.45, 7) is 0. The second kappa shape index (κ2) is 7.21. The van der Waals surface area contributed by atoms with Gasteiger partial charge in [-0.2, -0.15) is 0 Å². The minimum absolute atomic E-state index is 0.217. The maximum Gasteiger partial charge on any atom is 0.343 e. The number of carbonyl (C=O) groups is 2. The number of hydrogen-bond donors (Lipinski definition) is 1. The van der Waals surface area contributed by atoms with Gasteiger partial charge in [0, 0.05) is 33.8 Å². The van der Waals surface area contributed by atoms with Crippen molar-refractivity contribution >= 4 is 40.3 Å². The van der Waals surface area contributed by atoms with Crippen LogP contribution < -0.4 is 9.47 Å². The lowest BCUT2D eigenvalue weighted by molar-refractivity contribution is 0.0734. The Morgan fingerprint density at radius 2 is 1.83 bits per heavy atom. The molecule has 1 N–H and O–H groups in total. The van der Waals surface area contributed by atoms with Gasteiger partial charge in [0.2, 0.25) is 5.78 Å². The Hall–Kier alpha value is -3.83. The van der Waals surface area contributed by atoms with Crippen molar-refractivity contribution in [2.24, 2.45) is 0 Å². The third-order valence-electron chi connectivity index (χ3n) is 4.84. The van der Waals surface area contributed by atoms with Crippen molar-refractivity contribution in [1.29, 1.82) is 0 Å². The molecule has 0 amide bonds. The number of aromatic amines is 1. The minimum Gasteiger partial charge on any atom is -0.452 e. The molecule has 2 heterocycles. The molecule has 0 atom stereocenters. The van der Waals surface area contributed by atoms with Crippen LogP contribution in [0.3, 0.4) is 0 Å². The van der Waals surface area contributed by atoms with E-state index in [2.05, 4.69) is 4.98 Å². The molecule has 1 aliphatic heterocycles. The van der Waals surface area contributed by atoms with E-state index in [1.54, 1.807) is 42.5 Å². The number of nitrogens with one attached hydrogen (secondary N) is 1. The quantitative estimate of drug-likeness (QED) is 0.266. The molecular weight excluding hydrogens is 402 g/mol. The summed E-state index contributed by atoms with van der Waals surface area (Å²) in [7, 11) is 0. The van der Waals surface area contributed by atoms with Crippen molar-refractivity contribution in [2.75, 3.05) is 0 Å². The van der Waals surface area contributed by atoms with E-state index in [0.717, 1.165) is 16.5 Å². The molecule has 3 aromatic carbocycles. The number of Topliss-reactive ketones (excluding diaryl/α,β-unsaturated/α-hetero) is 1. The minimum atomic E-state index is -0.523. The highest BCUT2D eigenvalue weighted by molar-refractivity contribution is 6.30. The molecule has 0 saturated heterocycles. The number of para-hydroxylation sites is 1. The number of benzene rings is 3. The van der Waals surface area contributed by atoms with Crippen LogP contribution in [0.25, 0.3) is 17.0 Å². The Morgan fingerprint density at radius 3 is 2.67 bits per heavy atom. The van der Waals surface area contributed by atoms with E-state index in [9.17, 15) is 9.59 Å². The summed E-state index contributed by atoms with van der Waals surface area (Å²) in [4.78, 5) is 28.2. The fraction of sp³-hybridized carbons (Fsp3) is 0. The summed E-state index contributed by atoms with van der Waals surface area (Å²) in [6.07, 6.45) is 3.54. The van der Waals surface area contributed by atoms with Crippen LogP contribution in [0.1, 0.15) is 26.3 Å². The second-order valence-corrected chi connectivity index (χ2v) is 7.22. The van der Waals surface area contributed by atoms with Gasteiger partial charge < -0.3 is 14.5 Å². The molecule has 146 valence electrons. The molecule has 4 aromatic rings. The van der Waals surface area contributed by atoms with Gasteiger partial charge in [-0.15, -0.1) is 0 Å². The maximum atomic E-state index is 12.7. The SMILES string of the molecule is O=C(Oc1ccc2c(c1)OC(=Cc1c[nH]c3ccccc13)C2=O)c1ccc(Cl)cc1. The number of H-pyrrole nitrogens is 1. The molecule has 30 heavy (non-hydrogen) atoms. The lowest BCUT2D eigenvalue weighted by Crippen LogP contribution is -2.08. The van der Waals surface area contributed by atoms with Gasteiger partial charge in [0.15, 0.2) is 5.76 Å². The van der Waals surface area contributed by atoms with Crippen LogP contribution in [0.15, 0.2) is 78.7 Å². The van der Waals surface area contributed by atoms with E-state index < -0.39 is 5.97 Å². The van der Waals surface area contributed by atoms with E-state index in [-0.39, 0.29) is 17.3 Å². The molecule has 5 rings (SSSR count). The zero-order chi connectivity index (χ0) is 20.7. The summed E-state index contributed by atoms with van der Waals surface area (Å²) in [5.74, 6) is 0.120. The zero-order valence-electron chi connectivity index (χ0n) is 15.5. The standard InChI is InChI=1S/C24H14ClNO4/c25-16-7-5-14(6-8-16)24(28)29-17-9-10-19-21(12-17)30-22(23(19)27)11-15-13-26-20-4-2-1-3-18(15)20/h1-13,26H. The van der Waals surface area contributed by atoms with Crippen molar-refractivity contribution in [2.45, 2.75) is 0 Å². The Morgan fingerprint density at radius 1 is 1.03 bits per heavy atom. The summed E-state index contributed by atoms with van der Waals surface area (Å²) in [6, 6.07) is 18.9. The predicted molar refractivity (Wildman–Crippen MR) is 114 cm³/mol. The lowest BCUT2D eigenvalue weighted by Gasteiger charge is -2.05. The number of hydrogen-bond acceptors (Lipinski definition) is 4. The lowest BCUT2D eigenvalue weighted by atomic mass is 10.1. The van der Waals surface area contributed by atoms with E-state index >= 15 is 0 Å². The third kappa shape index (κ3) is 3.25. The predicted octanol–water partition coefficient (Wildman–Crippen LogP) is 5.66. The highest BCUT2D eigenvalue weighted by atomic mass is 35.5. The molecule has 1 aliphatic rings. The number of ether oxygens (including phenoxy) is 2. The number of aromatic nitrogens is 1. The topological polar surface area (TPSA) is 68.4 Å².